The Balaban J connectivity index is 1.30. The van der Waals surface area contributed by atoms with Crippen LogP contribution in [0.1, 0.15) is 44.9 Å². The molecule has 0 N–H and O–H groups in total. The first-order valence-corrected chi connectivity index (χ1v) is 10.0. The van der Waals surface area contributed by atoms with E-state index in [0.29, 0.717) is 12.5 Å². The number of ether oxygens (including phenoxy) is 2. The average molecular weight is 374 g/mol. The van der Waals surface area contributed by atoms with Gasteiger partial charge in [0.1, 0.15) is 0 Å². The molecular formula is C21H27FN2O3. The first-order valence-electron chi connectivity index (χ1n) is 10.0. The Bertz CT molecular complexity index is 713. The molecule has 0 radical (unpaired) electrons. The van der Waals surface area contributed by atoms with E-state index in [1.165, 1.54) is 12.3 Å². The molecule has 0 saturated carbocycles. The number of halogens is 1. The second-order valence-corrected chi connectivity index (χ2v) is 7.74. The van der Waals surface area contributed by atoms with Crippen molar-refractivity contribution in [1.82, 2.24) is 9.88 Å². The Kier molecular flexibility index (Phi) is 5.43. The van der Waals surface area contributed by atoms with Crippen molar-refractivity contribution in [3.8, 4) is 5.88 Å². The molecule has 1 spiro atoms. The molecule has 1 atom stereocenters. The number of piperidine rings is 1. The van der Waals surface area contributed by atoms with Gasteiger partial charge in [0, 0.05) is 31.5 Å². The van der Waals surface area contributed by atoms with Crippen LogP contribution in [0.5, 0.6) is 5.88 Å². The number of hydrogen-bond acceptors (Lipinski definition) is 4. The summed E-state index contributed by atoms with van der Waals surface area (Å²) in [6.45, 7) is 2.69. The third kappa shape index (κ3) is 3.86. The highest BCUT2D eigenvalue weighted by molar-refractivity contribution is 5.93. The number of allylic oxidation sites excluding steroid dienone is 1. The van der Waals surface area contributed by atoms with E-state index in [1.54, 1.807) is 6.07 Å². The Hall–Kier alpha value is -1.95. The Morgan fingerprint density at radius 3 is 3.00 bits per heavy atom. The minimum absolute atomic E-state index is 0.0655. The van der Waals surface area contributed by atoms with Crippen molar-refractivity contribution in [3.05, 3.63) is 35.8 Å². The van der Waals surface area contributed by atoms with Crippen molar-refractivity contribution < 1.29 is 18.7 Å². The summed E-state index contributed by atoms with van der Waals surface area (Å²) in [5, 5.41) is 0. The van der Waals surface area contributed by atoms with Gasteiger partial charge in [0.2, 0.25) is 11.8 Å². The number of carbonyl (C=O) groups excluding carboxylic acids is 1. The lowest BCUT2D eigenvalue weighted by atomic mass is 9.78. The molecule has 0 unspecified atom stereocenters. The lowest BCUT2D eigenvalue weighted by molar-refractivity contribution is -0.133. The van der Waals surface area contributed by atoms with Gasteiger partial charge < -0.3 is 14.4 Å². The van der Waals surface area contributed by atoms with Crippen LogP contribution in [0.2, 0.25) is 0 Å². The normalized spacial score (nSPS) is 24.3. The molecule has 2 aliphatic heterocycles. The Labute approximate surface area is 159 Å². The van der Waals surface area contributed by atoms with Gasteiger partial charge >= 0.3 is 0 Å². The molecule has 3 heterocycles. The fraction of sp³-hybridized carbons (Fsp3) is 0.619. The van der Waals surface area contributed by atoms with Gasteiger partial charge in [-0.05, 0) is 63.0 Å². The van der Waals surface area contributed by atoms with E-state index in [0.717, 1.165) is 70.2 Å². The predicted molar refractivity (Wildman–Crippen MR) is 98.8 cm³/mol. The lowest BCUT2D eigenvalue weighted by Crippen LogP contribution is -2.49. The van der Waals surface area contributed by atoms with Crippen LogP contribution in [0.15, 0.2) is 30.0 Å². The van der Waals surface area contributed by atoms with E-state index in [2.05, 4.69) is 11.1 Å². The van der Waals surface area contributed by atoms with Crippen LogP contribution in [-0.2, 0) is 9.53 Å². The molecule has 1 aromatic rings. The molecule has 2 fully saturated rings. The van der Waals surface area contributed by atoms with Crippen LogP contribution >= 0.6 is 0 Å². The summed E-state index contributed by atoms with van der Waals surface area (Å²) in [5.74, 6) is 0.233. The number of nitrogens with zero attached hydrogens (tertiary/aromatic N) is 2. The maximum atomic E-state index is 13.6. The van der Waals surface area contributed by atoms with Gasteiger partial charge in [-0.15, -0.1) is 0 Å². The number of carbonyl (C=O) groups is 1. The van der Waals surface area contributed by atoms with E-state index < -0.39 is 5.82 Å². The second-order valence-electron chi connectivity index (χ2n) is 7.74. The number of pyridine rings is 1. The monoisotopic (exact) mass is 374 g/mol. The molecule has 6 heteroatoms. The quantitative estimate of drug-likeness (QED) is 0.792. The van der Waals surface area contributed by atoms with Crippen molar-refractivity contribution >= 4 is 5.91 Å². The van der Waals surface area contributed by atoms with Crippen molar-refractivity contribution in [2.45, 2.75) is 50.5 Å². The average Bonchev–Trinajstić information content (AvgIpc) is 3.35. The minimum atomic E-state index is -0.428. The molecule has 1 aromatic heterocycles. The fourth-order valence-corrected chi connectivity index (χ4v) is 4.68. The minimum Gasteiger partial charge on any atom is -0.476 e. The largest absolute Gasteiger partial charge is 0.476 e. The molecule has 1 amide bonds. The number of hydrogen-bond donors (Lipinski definition) is 0. The summed E-state index contributed by atoms with van der Waals surface area (Å²) in [5.41, 5.74) is 0.827. The van der Waals surface area contributed by atoms with Gasteiger partial charge in [-0.3, -0.25) is 4.79 Å². The molecule has 146 valence electrons. The van der Waals surface area contributed by atoms with Crippen LogP contribution in [0.4, 0.5) is 4.39 Å². The molecule has 1 aliphatic carbocycles. The molecule has 5 nitrogen and oxygen atoms in total. The standard InChI is InChI=1S/C21H27FN2O3/c22-18-6-3-11-23-19(18)26-14-7-17-8-15-27-21(17)9-12-24(13-10-21)20(25)16-4-1-2-5-16/h3-4,6,11,17H,1-2,5,7-10,12-15H2/t17-/m0/s1. The molecule has 0 aromatic carbocycles. The van der Waals surface area contributed by atoms with Crippen LogP contribution < -0.4 is 4.74 Å². The smallest absolute Gasteiger partial charge is 0.250 e. The fourth-order valence-electron chi connectivity index (χ4n) is 4.68. The zero-order chi connectivity index (χ0) is 18.7. The predicted octanol–water partition coefficient (Wildman–Crippen LogP) is 3.50. The van der Waals surface area contributed by atoms with Crippen molar-refractivity contribution in [2.24, 2.45) is 5.92 Å². The lowest BCUT2D eigenvalue weighted by Gasteiger charge is -2.42. The molecule has 2 saturated heterocycles. The van der Waals surface area contributed by atoms with E-state index in [9.17, 15) is 9.18 Å². The van der Waals surface area contributed by atoms with Crippen LogP contribution in [0.3, 0.4) is 0 Å². The first-order chi connectivity index (χ1) is 13.2. The highest BCUT2D eigenvalue weighted by atomic mass is 19.1. The van der Waals surface area contributed by atoms with Gasteiger partial charge in [0.05, 0.1) is 12.2 Å². The molecule has 3 aliphatic rings. The Morgan fingerprint density at radius 2 is 2.26 bits per heavy atom. The first kappa shape index (κ1) is 18.4. The summed E-state index contributed by atoms with van der Waals surface area (Å²) in [7, 11) is 0. The SMILES string of the molecule is O=C(C1=CCCC1)N1CCC2(CC1)OCC[C@@H]2CCOc1ncccc1F. The third-order valence-electron chi connectivity index (χ3n) is 6.24. The van der Waals surface area contributed by atoms with Gasteiger partial charge in [0.25, 0.3) is 0 Å². The topological polar surface area (TPSA) is 51.7 Å². The maximum absolute atomic E-state index is 13.6. The van der Waals surface area contributed by atoms with Crippen LogP contribution in [0, 0.1) is 11.7 Å². The van der Waals surface area contributed by atoms with Crippen LogP contribution in [-0.4, -0.2) is 47.7 Å². The number of amides is 1. The molecular weight excluding hydrogens is 347 g/mol. The molecule has 4 rings (SSSR count). The Morgan fingerprint density at radius 1 is 1.41 bits per heavy atom. The zero-order valence-corrected chi connectivity index (χ0v) is 15.7. The molecule has 0 bridgehead atoms. The van der Waals surface area contributed by atoms with Crippen molar-refractivity contribution in [3.63, 3.8) is 0 Å². The van der Waals surface area contributed by atoms with Crippen LogP contribution in [0.25, 0.3) is 0 Å². The summed E-state index contributed by atoms with van der Waals surface area (Å²) in [4.78, 5) is 18.5. The zero-order valence-electron chi connectivity index (χ0n) is 15.7. The second kappa shape index (κ2) is 7.97. The summed E-state index contributed by atoms with van der Waals surface area (Å²) < 4.78 is 25.4. The van der Waals surface area contributed by atoms with Gasteiger partial charge in [-0.25, -0.2) is 9.37 Å². The van der Waals surface area contributed by atoms with E-state index in [1.807, 2.05) is 4.90 Å². The highest BCUT2D eigenvalue weighted by Gasteiger charge is 2.46. The highest BCUT2D eigenvalue weighted by Crippen LogP contribution is 2.42. The van der Waals surface area contributed by atoms with Crippen molar-refractivity contribution in [1.29, 1.82) is 0 Å². The van der Waals surface area contributed by atoms with Gasteiger partial charge in [-0.2, -0.15) is 0 Å². The van der Waals surface area contributed by atoms with Gasteiger partial charge in [0.15, 0.2) is 5.82 Å². The number of likely N-dealkylation sites (tertiary alicyclic amines) is 1. The summed E-state index contributed by atoms with van der Waals surface area (Å²) >= 11 is 0. The van der Waals surface area contributed by atoms with Crippen molar-refractivity contribution in [2.75, 3.05) is 26.3 Å². The van der Waals surface area contributed by atoms with E-state index in [-0.39, 0.29) is 17.4 Å². The number of rotatable bonds is 5. The maximum Gasteiger partial charge on any atom is 0.250 e. The number of aromatic nitrogens is 1. The van der Waals surface area contributed by atoms with E-state index in [4.69, 9.17) is 9.47 Å². The third-order valence-corrected chi connectivity index (χ3v) is 6.24. The van der Waals surface area contributed by atoms with Gasteiger partial charge in [-0.1, -0.05) is 6.08 Å². The van der Waals surface area contributed by atoms with E-state index >= 15 is 0 Å². The summed E-state index contributed by atoms with van der Waals surface area (Å²) in [6.07, 6.45) is 10.2. The summed E-state index contributed by atoms with van der Waals surface area (Å²) in [6, 6.07) is 2.91. The molecule has 27 heavy (non-hydrogen) atoms.